The molecule has 0 aliphatic carbocycles. The van der Waals surface area contributed by atoms with E-state index in [4.69, 9.17) is 5.84 Å². The molecule has 0 aliphatic rings. The van der Waals surface area contributed by atoms with Gasteiger partial charge >= 0.3 is 0 Å². The Balaban J connectivity index is 1.45. The Bertz CT molecular complexity index is 1240. The predicted molar refractivity (Wildman–Crippen MR) is 122 cm³/mol. The largest absolute Gasteiger partial charge is 0.335 e. The van der Waals surface area contributed by atoms with Crippen molar-refractivity contribution in [3.05, 3.63) is 70.5 Å². The van der Waals surface area contributed by atoms with Gasteiger partial charge in [0.1, 0.15) is 5.01 Å². The van der Waals surface area contributed by atoms with Gasteiger partial charge in [0.05, 0.1) is 17.5 Å². The fraction of sp³-hybridized carbons (Fsp3) is 0.136. The van der Waals surface area contributed by atoms with E-state index in [2.05, 4.69) is 21.3 Å². The van der Waals surface area contributed by atoms with E-state index < -0.39 is 5.92 Å². The first-order valence-electron chi connectivity index (χ1n) is 9.40. The van der Waals surface area contributed by atoms with Crippen LogP contribution in [0.25, 0.3) is 22.6 Å². The second kappa shape index (κ2) is 9.12. The van der Waals surface area contributed by atoms with Gasteiger partial charge < -0.3 is 5.84 Å². The van der Waals surface area contributed by atoms with Crippen LogP contribution in [0.2, 0.25) is 0 Å². The highest BCUT2D eigenvalue weighted by molar-refractivity contribution is 7.99. The molecule has 2 heterocycles. The zero-order chi connectivity index (χ0) is 21.8. The minimum absolute atomic E-state index is 0.0434. The van der Waals surface area contributed by atoms with E-state index in [0.29, 0.717) is 16.0 Å². The maximum Gasteiger partial charge on any atom is 0.210 e. The number of ketones is 1. The molecule has 1 unspecified atom stereocenters. The molecule has 4 rings (SSSR count). The fourth-order valence-electron chi connectivity index (χ4n) is 2.92. The van der Waals surface area contributed by atoms with Crippen LogP contribution in [-0.4, -0.2) is 31.4 Å². The topological polar surface area (TPSA) is 110 Å². The van der Waals surface area contributed by atoms with Crippen LogP contribution in [0.5, 0.6) is 0 Å². The summed E-state index contributed by atoms with van der Waals surface area (Å²) in [6.07, 6.45) is 0. The van der Waals surface area contributed by atoms with Gasteiger partial charge in [0.25, 0.3) is 0 Å². The van der Waals surface area contributed by atoms with Gasteiger partial charge in [0, 0.05) is 16.5 Å². The third-order valence-electron chi connectivity index (χ3n) is 4.61. The molecule has 0 spiro atoms. The molecule has 0 amide bonds. The number of hydrogen-bond acceptors (Lipinski definition) is 8. The van der Waals surface area contributed by atoms with Gasteiger partial charge in [0.15, 0.2) is 17.5 Å². The monoisotopic (exact) mass is 446 g/mol. The molecule has 154 valence electrons. The maximum absolute atomic E-state index is 12.7. The summed E-state index contributed by atoms with van der Waals surface area (Å²) in [5.74, 6) is 5.51. The zero-order valence-electron chi connectivity index (χ0n) is 16.6. The average molecular weight is 447 g/mol. The lowest BCUT2D eigenvalue weighted by atomic mass is 10.1. The Morgan fingerprint density at radius 1 is 1.16 bits per heavy atom. The summed E-state index contributed by atoms with van der Waals surface area (Å²) in [7, 11) is 0. The highest BCUT2D eigenvalue weighted by Crippen LogP contribution is 2.29. The molecule has 31 heavy (non-hydrogen) atoms. The molecule has 9 heteroatoms. The van der Waals surface area contributed by atoms with Crippen molar-refractivity contribution in [1.29, 1.82) is 5.26 Å². The number of aromatic nitrogens is 4. The maximum atomic E-state index is 12.7. The van der Waals surface area contributed by atoms with Crippen molar-refractivity contribution in [3.63, 3.8) is 0 Å². The minimum Gasteiger partial charge on any atom is -0.335 e. The summed E-state index contributed by atoms with van der Waals surface area (Å²) in [4.78, 5) is 17.2. The highest BCUT2D eigenvalue weighted by Gasteiger charge is 2.25. The Morgan fingerprint density at radius 2 is 1.90 bits per heavy atom. The summed E-state index contributed by atoms with van der Waals surface area (Å²) < 4.78 is 1.36. The number of Topliss-reactive ketones (excluding diaryl/α,β-unsaturated/α-hetero) is 1. The number of hydrogen-bond donors (Lipinski definition) is 1. The Labute approximate surface area is 187 Å². The quantitative estimate of drug-likeness (QED) is 0.337. The lowest BCUT2D eigenvalue weighted by molar-refractivity contribution is -0.116. The zero-order valence-corrected chi connectivity index (χ0v) is 18.2. The van der Waals surface area contributed by atoms with E-state index in [1.807, 2.05) is 66.9 Å². The number of carbonyl (C=O) groups is 1. The lowest BCUT2D eigenvalue weighted by Crippen LogP contribution is -2.15. The molecular formula is C22H18N6OS2. The SMILES string of the molecule is Cc1ccc(-c2nnc(SCC(=O)C(C#N)c3nc(-c4ccccc4)cs3)n2N)cc1. The number of nitrogens with zero attached hydrogens (tertiary/aromatic N) is 5. The van der Waals surface area contributed by atoms with Gasteiger partial charge in [-0.15, -0.1) is 21.5 Å². The van der Waals surface area contributed by atoms with Crippen molar-refractivity contribution in [2.45, 2.75) is 18.0 Å². The van der Waals surface area contributed by atoms with Crippen LogP contribution in [0.15, 0.2) is 65.1 Å². The molecule has 4 aromatic rings. The second-order valence-corrected chi connectivity index (χ2v) is 8.63. The molecule has 0 radical (unpaired) electrons. The van der Waals surface area contributed by atoms with Crippen molar-refractivity contribution >= 4 is 28.9 Å². The van der Waals surface area contributed by atoms with Crippen molar-refractivity contribution < 1.29 is 4.79 Å². The van der Waals surface area contributed by atoms with Gasteiger partial charge in [-0.1, -0.05) is 71.9 Å². The summed E-state index contributed by atoms with van der Waals surface area (Å²) in [6.45, 7) is 2.00. The minimum atomic E-state index is -0.930. The number of benzene rings is 2. The number of aryl methyl sites for hydroxylation is 1. The molecule has 0 saturated heterocycles. The van der Waals surface area contributed by atoms with Gasteiger partial charge in [-0.2, -0.15) is 5.26 Å². The standard InChI is InChI=1S/C22H18N6OS2/c1-14-7-9-16(10-8-14)20-26-27-22(28(20)24)31-13-19(29)17(11-23)21-25-18(12-30-21)15-5-3-2-4-6-15/h2-10,12,17H,13,24H2,1H3. The molecular weight excluding hydrogens is 428 g/mol. The number of rotatable bonds is 7. The molecule has 0 fully saturated rings. The van der Waals surface area contributed by atoms with Crippen LogP contribution >= 0.6 is 23.1 Å². The van der Waals surface area contributed by atoms with Crippen LogP contribution in [0.4, 0.5) is 0 Å². The average Bonchev–Trinajstić information content (AvgIpc) is 3.41. The van der Waals surface area contributed by atoms with Gasteiger partial charge in [-0.3, -0.25) is 4.79 Å². The summed E-state index contributed by atoms with van der Waals surface area (Å²) in [5.41, 5.74) is 3.67. The first-order valence-corrected chi connectivity index (χ1v) is 11.3. The van der Waals surface area contributed by atoms with Crippen LogP contribution in [0.3, 0.4) is 0 Å². The van der Waals surface area contributed by atoms with Crippen LogP contribution in [-0.2, 0) is 4.79 Å². The Kier molecular flexibility index (Phi) is 6.11. The molecule has 2 N–H and O–H groups in total. The molecule has 2 aromatic heterocycles. The van der Waals surface area contributed by atoms with E-state index in [1.165, 1.54) is 16.0 Å². The molecule has 0 aliphatic heterocycles. The third-order valence-corrected chi connectivity index (χ3v) is 6.48. The van der Waals surface area contributed by atoms with E-state index in [0.717, 1.165) is 34.1 Å². The number of nitrogens with two attached hydrogens (primary N) is 1. The van der Waals surface area contributed by atoms with E-state index in [9.17, 15) is 10.1 Å². The normalized spacial score (nSPS) is 11.7. The van der Waals surface area contributed by atoms with Crippen molar-refractivity contribution in [1.82, 2.24) is 19.9 Å². The molecule has 0 bridgehead atoms. The van der Waals surface area contributed by atoms with E-state index in [-0.39, 0.29) is 11.5 Å². The summed E-state index contributed by atoms with van der Waals surface area (Å²) in [5, 5.41) is 20.6. The van der Waals surface area contributed by atoms with Crippen molar-refractivity contribution in [3.8, 4) is 28.7 Å². The Morgan fingerprint density at radius 3 is 2.61 bits per heavy atom. The van der Waals surface area contributed by atoms with Gasteiger partial charge in [-0.25, -0.2) is 9.66 Å². The molecule has 2 aromatic carbocycles. The molecule has 0 saturated carbocycles. The summed E-state index contributed by atoms with van der Waals surface area (Å²) >= 11 is 2.47. The fourth-order valence-corrected chi connectivity index (χ4v) is 4.58. The summed E-state index contributed by atoms with van der Waals surface area (Å²) in [6, 6.07) is 19.5. The van der Waals surface area contributed by atoms with Gasteiger partial charge in [0.2, 0.25) is 5.16 Å². The lowest BCUT2D eigenvalue weighted by Gasteiger charge is -2.06. The van der Waals surface area contributed by atoms with Crippen molar-refractivity contribution in [2.75, 3.05) is 11.6 Å². The Hall–Kier alpha value is -3.48. The molecule has 1 atom stereocenters. The third kappa shape index (κ3) is 4.50. The number of thioether (sulfide) groups is 1. The predicted octanol–water partition coefficient (Wildman–Crippen LogP) is 4.06. The smallest absolute Gasteiger partial charge is 0.210 e. The first-order chi connectivity index (χ1) is 15.1. The van der Waals surface area contributed by atoms with E-state index in [1.54, 1.807) is 0 Å². The van der Waals surface area contributed by atoms with Crippen molar-refractivity contribution in [2.24, 2.45) is 0 Å². The highest BCUT2D eigenvalue weighted by atomic mass is 32.2. The van der Waals surface area contributed by atoms with Crippen LogP contribution in [0.1, 0.15) is 16.5 Å². The molecule has 7 nitrogen and oxygen atoms in total. The van der Waals surface area contributed by atoms with Crippen LogP contribution < -0.4 is 5.84 Å². The van der Waals surface area contributed by atoms with E-state index >= 15 is 0 Å². The number of nitrogen functional groups attached to an aromatic ring is 1. The van der Waals surface area contributed by atoms with Crippen LogP contribution in [0, 0.1) is 18.3 Å². The second-order valence-electron chi connectivity index (χ2n) is 6.80. The number of carbonyl (C=O) groups excluding carboxylic acids is 1. The number of nitriles is 1. The first kappa shape index (κ1) is 20.8. The number of thiazole rings is 1. The van der Waals surface area contributed by atoms with Gasteiger partial charge in [-0.05, 0) is 6.92 Å².